The van der Waals surface area contributed by atoms with Crippen molar-refractivity contribution >= 4 is 40.6 Å². The van der Waals surface area contributed by atoms with Crippen molar-refractivity contribution in [1.29, 1.82) is 0 Å². The molecule has 0 bridgehead atoms. The summed E-state index contributed by atoms with van der Waals surface area (Å²) in [7, 11) is 0. The summed E-state index contributed by atoms with van der Waals surface area (Å²) in [4.78, 5) is 36.2. The van der Waals surface area contributed by atoms with Crippen LogP contribution < -0.4 is 10.6 Å². The topological polar surface area (TPSA) is 75.3 Å². The van der Waals surface area contributed by atoms with Crippen LogP contribution in [-0.2, 0) is 9.59 Å². The Bertz CT molecular complexity index is 864. The number of carbonyl (C=O) groups excluding carboxylic acids is 3. The van der Waals surface area contributed by atoms with Gasteiger partial charge in [-0.05, 0) is 63.2 Å². The van der Waals surface area contributed by atoms with Gasteiger partial charge in [0.25, 0.3) is 0 Å². The standard InChI is InChI=1S/C19H18ClFN2O3/c1-11(24)12-4-6-13(7-5-12)22-17(25)19(2,3)18(26)23-14-8-9-16(21)15(20)10-14/h4-10H,1-3H3,(H,22,25)(H,23,26). The van der Waals surface area contributed by atoms with E-state index < -0.39 is 23.0 Å². The fraction of sp³-hybridized carbons (Fsp3) is 0.211. The van der Waals surface area contributed by atoms with Gasteiger partial charge >= 0.3 is 0 Å². The van der Waals surface area contributed by atoms with Crippen LogP contribution in [0, 0.1) is 11.2 Å². The van der Waals surface area contributed by atoms with Gasteiger partial charge in [-0.2, -0.15) is 0 Å². The highest BCUT2D eigenvalue weighted by Crippen LogP contribution is 2.24. The number of Topliss-reactive ketones (excluding diaryl/α,β-unsaturated/α-hetero) is 1. The number of halogens is 2. The number of carbonyl (C=O) groups is 3. The molecule has 0 aromatic heterocycles. The Hall–Kier alpha value is -2.73. The molecule has 0 saturated carbocycles. The van der Waals surface area contributed by atoms with Gasteiger partial charge in [0.15, 0.2) is 5.78 Å². The predicted molar refractivity (Wildman–Crippen MR) is 98.9 cm³/mol. The average molecular weight is 377 g/mol. The maximum atomic E-state index is 13.2. The molecule has 7 heteroatoms. The molecule has 0 fully saturated rings. The zero-order valence-electron chi connectivity index (χ0n) is 14.5. The molecule has 2 aromatic carbocycles. The highest BCUT2D eigenvalue weighted by Gasteiger charge is 2.36. The second kappa shape index (κ2) is 7.66. The fourth-order valence-electron chi connectivity index (χ4n) is 2.04. The summed E-state index contributed by atoms with van der Waals surface area (Å²) in [5.41, 5.74) is -0.132. The summed E-state index contributed by atoms with van der Waals surface area (Å²) in [5.74, 6) is -1.78. The number of ketones is 1. The van der Waals surface area contributed by atoms with E-state index in [1.807, 2.05) is 0 Å². The van der Waals surface area contributed by atoms with Crippen LogP contribution >= 0.6 is 11.6 Å². The molecule has 0 aliphatic heterocycles. The molecule has 2 amide bonds. The van der Waals surface area contributed by atoms with Gasteiger partial charge in [-0.1, -0.05) is 11.6 Å². The quantitative estimate of drug-likeness (QED) is 0.604. The molecule has 2 aromatic rings. The molecule has 26 heavy (non-hydrogen) atoms. The number of anilines is 2. The number of rotatable bonds is 5. The molecule has 2 N–H and O–H groups in total. The molecule has 0 radical (unpaired) electrons. The third-order valence-corrected chi connectivity index (χ3v) is 4.15. The van der Waals surface area contributed by atoms with Gasteiger partial charge in [-0.15, -0.1) is 0 Å². The van der Waals surface area contributed by atoms with Crippen molar-refractivity contribution in [2.24, 2.45) is 5.41 Å². The van der Waals surface area contributed by atoms with Gasteiger partial charge in [0.1, 0.15) is 11.2 Å². The molecular weight excluding hydrogens is 359 g/mol. The van der Waals surface area contributed by atoms with E-state index >= 15 is 0 Å². The first-order valence-corrected chi connectivity index (χ1v) is 8.18. The number of hydrogen-bond acceptors (Lipinski definition) is 3. The van der Waals surface area contributed by atoms with Crippen LogP contribution in [0.1, 0.15) is 31.1 Å². The van der Waals surface area contributed by atoms with E-state index in [4.69, 9.17) is 11.6 Å². The maximum absolute atomic E-state index is 13.2. The Morgan fingerprint density at radius 2 is 1.42 bits per heavy atom. The largest absolute Gasteiger partial charge is 0.325 e. The van der Waals surface area contributed by atoms with Crippen molar-refractivity contribution in [3.05, 3.63) is 58.9 Å². The molecule has 136 valence electrons. The number of amides is 2. The molecular formula is C19H18ClFN2O3. The van der Waals surface area contributed by atoms with Crippen molar-refractivity contribution in [2.45, 2.75) is 20.8 Å². The second-order valence-electron chi connectivity index (χ2n) is 6.30. The van der Waals surface area contributed by atoms with Gasteiger partial charge in [-0.25, -0.2) is 4.39 Å². The zero-order chi connectivity index (χ0) is 19.5. The summed E-state index contributed by atoms with van der Waals surface area (Å²) < 4.78 is 13.2. The van der Waals surface area contributed by atoms with Crippen LogP contribution in [0.3, 0.4) is 0 Å². The van der Waals surface area contributed by atoms with Gasteiger partial charge in [0, 0.05) is 16.9 Å². The van der Waals surface area contributed by atoms with Crippen molar-refractivity contribution in [1.82, 2.24) is 0 Å². The Kier molecular flexibility index (Phi) is 5.77. The summed E-state index contributed by atoms with van der Waals surface area (Å²) >= 11 is 5.69. The van der Waals surface area contributed by atoms with Gasteiger partial charge < -0.3 is 10.6 Å². The lowest BCUT2D eigenvalue weighted by Crippen LogP contribution is -2.41. The summed E-state index contributed by atoms with van der Waals surface area (Å²) in [6.07, 6.45) is 0. The first-order valence-electron chi connectivity index (χ1n) is 7.80. The maximum Gasteiger partial charge on any atom is 0.239 e. The smallest absolute Gasteiger partial charge is 0.239 e. The second-order valence-corrected chi connectivity index (χ2v) is 6.70. The Labute approximate surface area is 155 Å². The molecule has 0 saturated heterocycles. The van der Waals surface area contributed by atoms with Gasteiger partial charge in [0.05, 0.1) is 5.02 Å². The molecule has 0 heterocycles. The molecule has 0 unspecified atom stereocenters. The van der Waals surface area contributed by atoms with E-state index in [1.54, 1.807) is 24.3 Å². The van der Waals surface area contributed by atoms with E-state index in [1.165, 1.54) is 32.9 Å². The van der Waals surface area contributed by atoms with Crippen LogP contribution in [0.2, 0.25) is 5.02 Å². The summed E-state index contributed by atoms with van der Waals surface area (Å²) in [6, 6.07) is 10.1. The molecule has 0 atom stereocenters. The molecule has 2 rings (SSSR count). The minimum Gasteiger partial charge on any atom is -0.325 e. The Morgan fingerprint density at radius 1 is 0.923 bits per heavy atom. The van der Waals surface area contributed by atoms with Crippen molar-refractivity contribution in [3.63, 3.8) is 0 Å². The van der Waals surface area contributed by atoms with E-state index in [-0.39, 0.29) is 16.5 Å². The van der Waals surface area contributed by atoms with Gasteiger partial charge in [-0.3, -0.25) is 14.4 Å². The fourth-order valence-corrected chi connectivity index (χ4v) is 2.22. The van der Waals surface area contributed by atoms with Crippen molar-refractivity contribution < 1.29 is 18.8 Å². The first kappa shape index (κ1) is 19.6. The number of benzene rings is 2. The van der Waals surface area contributed by atoms with Crippen LogP contribution in [0.15, 0.2) is 42.5 Å². The van der Waals surface area contributed by atoms with E-state index in [2.05, 4.69) is 10.6 Å². The molecule has 0 spiro atoms. The predicted octanol–water partition coefficient (Wildman–Crippen LogP) is 4.29. The Balaban J connectivity index is 2.09. The normalized spacial score (nSPS) is 11.0. The van der Waals surface area contributed by atoms with E-state index in [9.17, 15) is 18.8 Å². The Morgan fingerprint density at radius 3 is 1.92 bits per heavy atom. The van der Waals surface area contributed by atoms with Gasteiger partial charge in [0.2, 0.25) is 11.8 Å². The summed E-state index contributed by atoms with van der Waals surface area (Å²) in [5, 5.41) is 5.05. The van der Waals surface area contributed by atoms with E-state index in [0.29, 0.717) is 11.3 Å². The van der Waals surface area contributed by atoms with Crippen molar-refractivity contribution in [2.75, 3.05) is 10.6 Å². The zero-order valence-corrected chi connectivity index (χ0v) is 15.3. The summed E-state index contributed by atoms with van der Waals surface area (Å²) in [6.45, 7) is 4.38. The highest BCUT2D eigenvalue weighted by atomic mass is 35.5. The highest BCUT2D eigenvalue weighted by molar-refractivity contribution is 6.31. The molecule has 0 aliphatic carbocycles. The first-order chi connectivity index (χ1) is 12.1. The van der Waals surface area contributed by atoms with Crippen LogP contribution in [0.5, 0.6) is 0 Å². The third kappa shape index (κ3) is 4.46. The number of hydrogen-bond donors (Lipinski definition) is 2. The van der Waals surface area contributed by atoms with Crippen LogP contribution in [0.4, 0.5) is 15.8 Å². The minimum atomic E-state index is -1.40. The number of nitrogens with one attached hydrogen (secondary N) is 2. The monoisotopic (exact) mass is 376 g/mol. The van der Waals surface area contributed by atoms with E-state index in [0.717, 1.165) is 6.07 Å². The lowest BCUT2D eigenvalue weighted by atomic mass is 9.90. The van der Waals surface area contributed by atoms with Crippen LogP contribution in [-0.4, -0.2) is 17.6 Å². The lowest BCUT2D eigenvalue weighted by Gasteiger charge is -2.23. The van der Waals surface area contributed by atoms with Crippen LogP contribution in [0.25, 0.3) is 0 Å². The molecule has 5 nitrogen and oxygen atoms in total. The molecule has 0 aliphatic rings. The van der Waals surface area contributed by atoms with Crippen molar-refractivity contribution in [3.8, 4) is 0 Å². The average Bonchev–Trinajstić information content (AvgIpc) is 2.58. The lowest BCUT2D eigenvalue weighted by molar-refractivity contribution is -0.135. The SMILES string of the molecule is CC(=O)c1ccc(NC(=O)C(C)(C)C(=O)Nc2ccc(F)c(Cl)c2)cc1. The third-order valence-electron chi connectivity index (χ3n) is 3.86. The minimum absolute atomic E-state index is 0.0828.